The van der Waals surface area contributed by atoms with Crippen LogP contribution in [0.15, 0.2) is 18.5 Å². The minimum atomic E-state index is 0.487. The van der Waals surface area contributed by atoms with Crippen molar-refractivity contribution in [2.24, 2.45) is 0 Å². The number of nitrogens with two attached hydrogens (primary N) is 1. The molecule has 2 aromatic heterocycles. The Balaban J connectivity index is 0.000000529. The Hall–Kier alpha value is -2.71. The Morgan fingerprint density at radius 1 is 1.15 bits per heavy atom. The number of aryl methyl sites for hydroxylation is 2. The fourth-order valence-corrected chi connectivity index (χ4v) is 4.59. The van der Waals surface area contributed by atoms with Crippen molar-refractivity contribution in [1.29, 1.82) is 5.41 Å². The highest BCUT2D eigenvalue weighted by atomic mass is 35.5. The van der Waals surface area contributed by atoms with Crippen LogP contribution in [-0.2, 0) is 17.6 Å². The van der Waals surface area contributed by atoms with Gasteiger partial charge in [-0.05, 0) is 43.4 Å². The van der Waals surface area contributed by atoms with Gasteiger partial charge in [-0.2, -0.15) is 0 Å². The van der Waals surface area contributed by atoms with Crippen LogP contribution in [0.5, 0.6) is 0 Å². The summed E-state index contributed by atoms with van der Waals surface area (Å²) in [6.07, 6.45) is 8.18. The van der Waals surface area contributed by atoms with E-state index in [9.17, 15) is 4.79 Å². The highest BCUT2D eigenvalue weighted by Crippen LogP contribution is 2.39. The molecule has 4 N–H and O–H groups in total. The lowest BCUT2D eigenvalue weighted by atomic mass is 9.97. The van der Waals surface area contributed by atoms with E-state index in [4.69, 9.17) is 22.7 Å². The van der Waals surface area contributed by atoms with Gasteiger partial charge in [-0.1, -0.05) is 39.3 Å². The van der Waals surface area contributed by atoms with Crippen LogP contribution in [0.2, 0.25) is 5.02 Å². The Kier molecular flexibility index (Phi) is 12.4. The summed E-state index contributed by atoms with van der Waals surface area (Å²) >= 11 is 8.08. The van der Waals surface area contributed by atoms with Crippen molar-refractivity contribution in [3.63, 3.8) is 0 Å². The van der Waals surface area contributed by atoms with E-state index in [-0.39, 0.29) is 0 Å². The third kappa shape index (κ3) is 7.40. The Morgan fingerprint density at radius 2 is 1.79 bits per heavy atom. The molecule has 1 aliphatic carbocycles. The number of aromatic nitrogens is 2. The number of rotatable bonds is 4. The maximum absolute atomic E-state index is 9.43. The minimum absolute atomic E-state index is 0.487. The molecule has 1 amide bonds. The summed E-state index contributed by atoms with van der Waals surface area (Å²) in [4.78, 5) is 22.2. The molecule has 0 saturated heterocycles. The van der Waals surface area contributed by atoms with Crippen LogP contribution < -0.4 is 11.1 Å². The number of carbonyl (C=O) groups is 1. The highest BCUT2D eigenvalue weighted by Gasteiger charge is 2.20. The lowest BCUT2D eigenvalue weighted by molar-refractivity contribution is -0.115. The highest BCUT2D eigenvalue weighted by molar-refractivity contribution is 7.19. The molecule has 0 saturated carbocycles. The molecule has 0 radical (unpaired) electrons. The van der Waals surface area contributed by atoms with Crippen molar-refractivity contribution in [3.05, 3.63) is 39.5 Å². The first kappa shape index (κ1) is 28.3. The van der Waals surface area contributed by atoms with E-state index in [1.807, 2.05) is 27.7 Å². The van der Waals surface area contributed by atoms with Gasteiger partial charge < -0.3 is 21.4 Å². The molecule has 0 spiro atoms. The normalized spacial score (nSPS) is 11.4. The largest absolute Gasteiger partial charge is 0.398 e. The second kappa shape index (κ2) is 14.4. The number of fused-ring (bicyclic) bond motifs is 3. The van der Waals surface area contributed by atoms with Gasteiger partial charge >= 0.3 is 0 Å². The standard InChI is InChI=1S/C17H16ClN5S.C3H7NO.2C2H6/c18-11-6-12(20)9(7-19)5-13(11)23-16-15-10-3-1-2-4-14(10)24-17(15)22-8-21-16;1-4(2)3-5;2*1-2/h5-8,19H,1-4,20H2,(H,21,22,23);3H,1-2H3;2*1-2H3. The number of hydrogen-bond donors (Lipinski definition) is 3. The van der Waals surface area contributed by atoms with Gasteiger partial charge in [-0.25, -0.2) is 9.97 Å². The number of carbonyl (C=O) groups excluding carboxylic acids is 1. The van der Waals surface area contributed by atoms with Gasteiger partial charge in [0.15, 0.2) is 0 Å². The first-order chi connectivity index (χ1) is 15.9. The summed E-state index contributed by atoms with van der Waals surface area (Å²) in [5.41, 5.74) is 9.04. The molecule has 4 rings (SSSR count). The quantitative estimate of drug-likeness (QED) is 0.226. The van der Waals surface area contributed by atoms with Crippen molar-refractivity contribution >= 4 is 63.0 Å². The van der Waals surface area contributed by atoms with E-state index >= 15 is 0 Å². The summed E-state index contributed by atoms with van der Waals surface area (Å²) in [5, 5.41) is 12.4. The smallest absolute Gasteiger partial charge is 0.209 e. The van der Waals surface area contributed by atoms with Crippen molar-refractivity contribution in [3.8, 4) is 0 Å². The number of benzene rings is 1. The third-order valence-electron chi connectivity index (χ3n) is 4.54. The number of halogens is 1. The number of nitrogens with zero attached hydrogens (tertiary/aromatic N) is 3. The van der Waals surface area contributed by atoms with Crippen molar-refractivity contribution in [1.82, 2.24) is 14.9 Å². The summed E-state index contributed by atoms with van der Waals surface area (Å²) in [5.74, 6) is 0.766. The van der Waals surface area contributed by atoms with Gasteiger partial charge in [0.05, 0.1) is 16.1 Å². The average molecular weight is 491 g/mol. The molecule has 0 bridgehead atoms. The average Bonchev–Trinajstić information content (AvgIpc) is 3.23. The van der Waals surface area contributed by atoms with Crippen LogP contribution in [0.3, 0.4) is 0 Å². The van der Waals surface area contributed by atoms with Crippen molar-refractivity contribution in [2.75, 3.05) is 25.1 Å². The van der Waals surface area contributed by atoms with E-state index in [0.29, 0.717) is 22.0 Å². The lowest BCUT2D eigenvalue weighted by Gasteiger charge is -2.14. The van der Waals surface area contributed by atoms with Crippen LogP contribution in [-0.4, -0.2) is 41.6 Å². The van der Waals surface area contributed by atoms with Gasteiger partial charge in [0.2, 0.25) is 6.41 Å². The molecule has 180 valence electrons. The fraction of sp³-hybridized carbons (Fsp3) is 0.417. The zero-order valence-electron chi connectivity index (χ0n) is 20.3. The molecule has 2 heterocycles. The maximum atomic E-state index is 9.43. The second-order valence-corrected chi connectivity index (χ2v) is 8.40. The minimum Gasteiger partial charge on any atom is -0.398 e. The number of anilines is 3. The van der Waals surface area contributed by atoms with Crippen LogP contribution in [0.25, 0.3) is 10.2 Å². The maximum Gasteiger partial charge on any atom is 0.209 e. The number of thiophene rings is 1. The van der Waals surface area contributed by atoms with Gasteiger partial charge in [0.25, 0.3) is 0 Å². The molecule has 0 unspecified atom stereocenters. The molecule has 33 heavy (non-hydrogen) atoms. The van der Waals surface area contributed by atoms with Gasteiger partial charge in [0.1, 0.15) is 17.0 Å². The van der Waals surface area contributed by atoms with Crippen LogP contribution >= 0.6 is 22.9 Å². The van der Waals surface area contributed by atoms with Crippen LogP contribution in [0.1, 0.15) is 56.5 Å². The molecule has 1 aromatic carbocycles. The zero-order valence-corrected chi connectivity index (χ0v) is 21.9. The van der Waals surface area contributed by atoms with Gasteiger partial charge in [-0.3, -0.25) is 4.79 Å². The molecular weight excluding hydrogens is 456 g/mol. The first-order valence-electron chi connectivity index (χ1n) is 11.2. The number of nitrogens with one attached hydrogen (secondary N) is 2. The summed E-state index contributed by atoms with van der Waals surface area (Å²) in [7, 11) is 3.38. The molecule has 9 heteroatoms. The summed E-state index contributed by atoms with van der Waals surface area (Å²) in [6.45, 7) is 8.00. The number of nitrogen functional groups attached to an aromatic ring is 1. The van der Waals surface area contributed by atoms with E-state index in [0.717, 1.165) is 35.3 Å². The van der Waals surface area contributed by atoms with Gasteiger partial charge in [-0.15, -0.1) is 11.3 Å². The predicted octanol–water partition coefficient (Wildman–Crippen LogP) is 6.30. The first-order valence-corrected chi connectivity index (χ1v) is 12.4. The van der Waals surface area contributed by atoms with E-state index in [1.165, 1.54) is 34.4 Å². The van der Waals surface area contributed by atoms with Crippen molar-refractivity contribution in [2.45, 2.75) is 53.4 Å². The number of hydrogen-bond acceptors (Lipinski definition) is 7. The van der Waals surface area contributed by atoms with E-state index in [2.05, 4.69) is 15.3 Å². The monoisotopic (exact) mass is 490 g/mol. The third-order valence-corrected chi connectivity index (χ3v) is 6.06. The van der Waals surface area contributed by atoms with E-state index in [1.54, 1.807) is 43.9 Å². The molecule has 7 nitrogen and oxygen atoms in total. The molecule has 0 aliphatic heterocycles. The molecule has 0 fully saturated rings. The molecule has 1 aliphatic rings. The topological polar surface area (TPSA) is 108 Å². The summed E-state index contributed by atoms with van der Waals surface area (Å²) < 4.78 is 0. The fourth-order valence-electron chi connectivity index (χ4n) is 3.14. The Labute approximate surface area is 205 Å². The lowest BCUT2D eigenvalue weighted by Crippen LogP contribution is -2.06. The van der Waals surface area contributed by atoms with E-state index < -0.39 is 0 Å². The Bertz CT molecular complexity index is 1050. The molecule has 0 atom stereocenters. The van der Waals surface area contributed by atoms with Gasteiger partial charge in [0, 0.05) is 36.4 Å². The number of amides is 1. The molecular formula is C24H35ClN6OS. The summed E-state index contributed by atoms with van der Waals surface area (Å²) in [6, 6.07) is 3.43. The van der Waals surface area contributed by atoms with Crippen LogP contribution in [0, 0.1) is 5.41 Å². The van der Waals surface area contributed by atoms with Crippen molar-refractivity contribution < 1.29 is 4.79 Å². The predicted molar refractivity (Wildman–Crippen MR) is 144 cm³/mol. The zero-order chi connectivity index (χ0) is 25.0. The van der Waals surface area contributed by atoms with Crippen LogP contribution in [0.4, 0.5) is 17.2 Å². The SMILES string of the molecule is CC.CC.CN(C)C=O.N=Cc1cc(Nc2ncnc3sc4c(c23)CCCC4)c(Cl)cc1N. The Morgan fingerprint density at radius 3 is 2.39 bits per heavy atom. The second-order valence-electron chi connectivity index (χ2n) is 6.91. The molecule has 3 aromatic rings.